The van der Waals surface area contributed by atoms with Gasteiger partial charge in [-0.1, -0.05) is 31.9 Å². The van der Waals surface area contributed by atoms with E-state index in [-0.39, 0.29) is 13.2 Å². The Labute approximate surface area is 356 Å². The zero-order valence-electron chi connectivity index (χ0n) is 34.4. The first-order valence-corrected chi connectivity index (χ1v) is 20.6. The van der Waals surface area contributed by atoms with Gasteiger partial charge in [-0.15, -0.1) is 0 Å². The number of hydrogen-bond acceptors (Lipinski definition) is 13. The summed E-state index contributed by atoms with van der Waals surface area (Å²) in [4.78, 5) is 47.8. The van der Waals surface area contributed by atoms with E-state index in [2.05, 4.69) is 19.7 Å². The molecule has 4 atom stereocenters. The molecule has 3 aromatic carbocycles. The van der Waals surface area contributed by atoms with Crippen molar-refractivity contribution in [2.75, 3.05) is 39.6 Å². The molecule has 2 unspecified atom stereocenters. The van der Waals surface area contributed by atoms with Crippen molar-refractivity contribution in [1.82, 2.24) is 0 Å². The maximum atomic E-state index is 12.9. The van der Waals surface area contributed by atoms with Gasteiger partial charge in [-0.2, -0.15) is 0 Å². The predicted octanol–water partition coefficient (Wildman–Crippen LogP) is 8.02. The molecule has 0 spiro atoms. The van der Waals surface area contributed by atoms with Crippen LogP contribution < -0.4 is 14.2 Å². The van der Waals surface area contributed by atoms with E-state index in [1.807, 2.05) is 36.4 Å². The number of fused-ring (bicyclic) bond motifs is 1. The van der Waals surface area contributed by atoms with E-state index in [0.717, 1.165) is 74.3 Å². The van der Waals surface area contributed by atoms with Crippen LogP contribution in [-0.4, -0.2) is 87.9 Å². The fraction of sp³-hybridized carbons (Fsp3) is 0.375. The predicted molar refractivity (Wildman–Crippen MR) is 227 cm³/mol. The minimum Gasteiger partial charge on any atom is -0.494 e. The molecule has 3 aromatic rings. The van der Waals surface area contributed by atoms with Crippen molar-refractivity contribution in [1.29, 1.82) is 0 Å². The maximum Gasteiger partial charge on any atom is 0.338 e. The van der Waals surface area contributed by atoms with E-state index in [1.54, 1.807) is 42.5 Å². The Balaban J connectivity index is 0.955. The lowest BCUT2D eigenvalue weighted by Gasteiger charge is -2.17. The van der Waals surface area contributed by atoms with Crippen molar-refractivity contribution in [2.45, 2.75) is 75.8 Å². The molecule has 13 heteroatoms. The molecule has 2 fully saturated rings. The van der Waals surface area contributed by atoms with E-state index in [4.69, 9.17) is 42.6 Å². The average molecular weight is 839 g/mol. The van der Waals surface area contributed by atoms with Gasteiger partial charge in [-0.25, -0.2) is 19.2 Å². The van der Waals surface area contributed by atoms with E-state index in [1.165, 1.54) is 12.2 Å². The van der Waals surface area contributed by atoms with E-state index in [0.29, 0.717) is 49.2 Å². The van der Waals surface area contributed by atoms with Crippen LogP contribution in [0.2, 0.25) is 0 Å². The Kier molecular flexibility index (Phi) is 18.7. The zero-order chi connectivity index (χ0) is 43.2. The molecule has 2 heterocycles. The normalized spacial score (nSPS) is 17.8. The molecule has 0 aliphatic carbocycles. The van der Waals surface area contributed by atoms with Crippen LogP contribution in [-0.2, 0) is 42.8 Å². The Morgan fingerprint density at radius 3 is 1.52 bits per heavy atom. The second-order valence-corrected chi connectivity index (χ2v) is 14.3. The summed E-state index contributed by atoms with van der Waals surface area (Å²) in [6.45, 7) is 12.9. The molecule has 0 aromatic heterocycles. The summed E-state index contributed by atoms with van der Waals surface area (Å²) in [6, 6.07) is 21.4. The van der Waals surface area contributed by atoms with Gasteiger partial charge in [-0.05, 0) is 124 Å². The highest BCUT2D eigenvalue weighted by atomic mass is 16.7. The monoisotopic (exact) mass is 838 g/mol. The SMILES string of the molecule is C=CC(=O)OCCCCCCOc1ccc(C(=C)Oc2ccc(/C=C/C(=O)O[C@H]3COC4C3OC[C@H]4OC(=O)c3ccc(OCCCCCCOC(=O)C=C)cc3)cc2)cc1. The van der Waals surface area contributed by atoms with Gasteiger partial charge in [0, 0.05) is 23.8 Å². The van der Waals surface area contributed by atoms with Crippen LogP contribution in [0.5, 0.6) is 17.2 Å². The van der Waals surface area contributed by atoms with Gasteiger partial charge in [-0.3, -0.25) is 0 Å². The molecule has 0 saturated carbocycles. The molecule has 324 valence electrons. The molecule has 0 bridgehead atoms. The highest BCUT2D eigenvalue weighted by Crippen LogP contribution is 2.31. The third-order valence-electron chi connectivity index (χ3n) is 9.72. The Morgan fingerprint density at radius 2 is 1.02 bits per heavy atom. The smallest absolute Gasteiger partial charge is 0.338 e. The Morgan fingerprint density at radius 1 is 0.557 bits per heavy atom. The third-order valence-corrected chi connectivity index (χ3v) is 9.72. The van der Waals surface area contributed by atoms with Gasteiger partial charge >= 0.3 is 23.9 Å². The first-order chi connectivity index (χ1) is 29.7. The van der Waals surface area contributed by atoms with Crippen LogP contribution in [0.3, 0.4) is 0 Å². The van der Waals surface area contributed by atoms with E-state index in [9.17, 15) is 19.2 Å². The lowest BCUT2D eigenvalue weighted by atomic mass is 10.1. The Hall–Kier alpha value is -6.18. The number of carbonyl (C=O) groups excluding carboxylic acids is 4. The molecule has 61 heavy (non-hydrogen) atoms. The van der Waals surface area contributed by atoms with Crippen molar-refractivity contribution < 1.29 is 61.8 Å². The largest absolute Gasteiger partial charge is 0.494 e. The number of unbranched alkanes of at least 4 members (excludes halogenated alkanes) is 6. The van der Waals surface area contributed by atoms with Gasteiger partial charge in [0.15, 0.2) is 12.2 Å². The van der Waals surface area contributed by atoms with Crippen LogP contribution in [0, 0.1) is 0 Å². The number of hydrogen-bond donors (Lipinski definition) is 0. The minimum absolute atomic E-state index is 0.114. The van der Waals surface area contributed by atoms with Gasteiger partial charge in [0.1, 0.15) is 35.2 Å². The number of esters is 4. The van der Waals surface area contributed by atoms with Crippen LogP contribution in [0.15, 0.2) is 111 Å². The van der Waals surface area contributed by atoms with Crippen LogP contribution >= 0.6 is 0 Å². The third kappa shape index (κ3) is 15.4. The minimum atomic E-state index is -0.655. The van der Waals surface area contributed by atoms with E-state index < -0.39 is 48.3 Å². The fourth-order valence-corrected chi connectivity index (χ4v) is 6.42. The maximum absolute atomic E-state index is 12.9. The average Bonchev–Trinajstić information content (AvgIpc) is 3.87. The summed E-state index contributed by atoms with van der Waals surface area (Å²) in [5, 5.41) is 0. The summed E-state index contributed by atoms with van der Waals surface area (Å²) in [6.07, 6.45) is 9.96. The zero-order valence-corrected chi connectivity index (χ0v) is 34.4. The van der Waals surface area contributed by atoms with Crippen molar-refractivity contribution in [3.05, 3.63) is 127 Å². The van der Waals surface area contributed by atoms with Crippen LogP contribution in [0.4, 0.5) is 0 Å². The first kappa shape index (κ1) is 45.9. The lowest BCUT2D eigenvalue weighted by Crippen LogP contribution is -2.35. The molecular weight excluding hydrogens is 785 g/mol. The van der Waals surface area contributed by atoms with Crippen molar-refractivity contribution in [2.24, 2.45) is 0 Å². The van der Waals surface area contributed by atoms with Crippen molar-refractivity contribution in [3.8, 4) is 17.2 Å². The number of ether oxygens (including phenoxy) is 9. The summed E-state index contributed by atoms with van der Waals surface area (Å²) in [5.74, 6) is 0.563. The quantitative estimate of drug-likeness (QED) is 0.0253. The second kappa shape index (κ2) is 24.8. The standard InChI is InChI=1S/C48H54O13/c1-4-43(49)55-30-12-8-6-10-28-53-38-23-17-36(18-24-38)34(3)59-40-21-14-35(15-22-40)16-27-45(51)60-41-32-57-47-42(33-58-46(41)47)61-48(52)37-19-25-39(26-20-37)54-29-11-7-9-13-31-56-44(50)5-2/h4-5,14-27,41-42,46-47H,1-3,6-13,28-33H2/b27-16+/t41-,42+,46?,47?/m0/s1. The van der Waals surface area contributed by atoms with Gasteiger partial charge < -0.3 is 42.6 Å². The topological polar surface area (TPSA) is 151 Å². The summed E-state index contributed by atoms with van der Waals surface area (Å²) in [5.41, 5.74) is 1.93. The van der Waals surface area contributed by atoms with Gasteiger partial charge in [0.05, 0.1) is 45.2 Å². The van der Waals surface area contributed by atoms with Gasteiger partial charge in [0.2, 0.25) is 0 Å². The summed E-state index contributed by atoms with van der Waals surface area (Å²) in [7, 11) is 0. The summed E-state index contributed by atoms with van der Waals surface area (Å²) < 4.78 is 50.6. The molecule has 0 amide bonds. The number of carbonyl (C=O) groups is 4. The molecule has 2 saturated heterocycles. The highest BCUT2D eigenvalue weighted by molar-refractivity contribution is 5.90. The summed E-state index contributed by atoms with van der Waals surface area (Å²) >= 11 is 0. The number of rotatable bonds is 26. The number of benzene rings is 3. The molecule has 0 N–H and O–H groups in total. The Bertz CT molecular complexity index is 1940. The van der Waals surface area contributed by atoms with E-state index >= 15 is 0 Å². The van der Waals surface area contributed by atoms with Crippen molar-refractivity contribution >= 4 is 35.7 Å². The molecule has 5 rings (SSSR count). The molecular formula is C48H54O13. The van der Waals surface area contributed by atoms with Crippen LogP contribution in [0.25, 0.3) is 11.8 Å². The van der Waals surface area contributed by atoms with Crippen LogP contribution in [0.1, 0.15) is 72.9 Å². The molecule has 2 aliphatic heterocycles. The highest BCUT2D eigenvalue weighted by Gasteiger charge is 2.51. The molecule has 13 nitrogen and oxygen atoms in total. The van der Waals surface area contributed by atoms with Crippen molar-refractivity contribution in [3.63, 3.8) is 0 Å². The fourth-order valence-electron chi connectivity index (χ4n) is 6.42. The molecule has 0 radical (unpaired) electrons. The molecule has 2 aliphatic rings. The first-order valence-electron chi connectivity index (χ1n) is 20.6. The lowest BCUT2D eigenvalue weighted by molar-refractivity contribution is -0.147. The second-order valence-electron chi connectivity index (χ2n) is 14.3. The van der Waals surface area contributed by atoms with Gasteiger partial charge in [0.25, 0.3) is 0 Å².